The van der Waals surface area contributed by atoms with Gasteiger partial charge < -0.3 is 30.3 Å². The SMILES string of the molecule is COc1cc2nccc(Oc3ccc(NC(=O)C4(C(=O)Nc5ccc(F)cc5)CC4)cc3)c2cc1C(=O)NOCC(O)CO. The van der Waals surface area contributed by atoms with E-state index in [9.17, 15) is 23.9 Å². The van der Waals surface area contributed by atoms with Crippen molar-refractivity contribution in [1.82, 2.24) is 10.5 Å². The predicted octanol–water partition coefficient (Wildman–Crippen LogP) is 3.55. The van der Waals surface area contributed by atoms with E-state index < -0.39 is 41.7 Å². The summed E-state index contributed by atoms with van der Waals surface area (Å²) in [5.74, 6) is -0.939. The van der Waals surface area contributed by atoms with Crippen molar-refractivity contribution in [3.05, 3.63) is 84.3 Å². The van der Waals surface area contributed by atoms with E-state index in [0.717, 1.165) is 0 Å². The number of benzene rings is 3. The molecule has 13 heteroatoms. The molecule has 3 aromatic carbocycles. The van der Waals surface area contributed by atoms with Gasteiger partial charge in [-0.3, -0.25) is 24.2 Å². The van der Waals surface area contributed by atoms with Gasteiger partial charge in [0.1, 0.15) is 41.2 Å². The Labute approximate surface area is 250 Å². The maximum atomic E-state index is 13.2. The molecular formula is C31H29FN4O8. The molecule has 1 saturated carbocycles. The van der Waals surface area contributed by atoms with E-state index >= 15 is 0 Å². The first-order valence-electron chi connectivity index (χ1n) is 13.6. The number of nitrogens with zero attached hydrogens (tertiary/aromatic N) is 1. The number of halogens is 1. The zero-order valence-electron chi connectivity index (χ0n) is 23.5. The van der Waals surface area contributed by atoms with Gasteiger partial charge in [0.05, 0.1) is 24.8 Å². The Morgan fingerprint density at radius 1 is 0.955 bits per heavy atom. The van der Waals surface area contributed by atoms with Gasteiger partial charge in [0.15, 0.2) is 0 Å². The van der Waals surface area contributed by atoms with Crippen molar-refractivity contribution >= 4 is 40.0 Å². The minimum absolute atomic E-state index is 0.117. The molecule has 0 aliphatic heterocycles. The summed E-state index contributed by atoms with van der Waals surface area (Å²) in [6, 6.07) is 16.6. The lowest BCUT2D eigenvalue weighted by atomic mass is 10.0. The first-order chi connectivity index (χ1) is 21.2. The van der Waals surface area contributed by atoms with E-state index in [1.807, 2.05) is 0 Å². The highest BCUT2D eigenvalue weighted by Gasteiger charge is 2.56. The van der Waals surface area contributed by atoms with Crippen LogP contribution >= 0.6 is 0 Å². The minimum atomic E-state index is -1.20. The molecule has 5 rings (SSSR count). The average molecular weight is 605 g/mol. The third-order valence-corrected chi connectivity index (χ3v) is 6.98. The van der Waals surface area contributed by atoms with Crippen LogP contribution in [-0.2, 0) is 14.4 Å². The van der Waals surface area contributed by atoms with E-state index in [4.69, 9.17) is 19.4 Å². The second kappa shape index (κ2) is 13.0. The molecule has 1 unspecified atom stereocenters. The molecule has 1 aliphatic rings. The molecule has 1 fully saturated rings. The Morgan fingerprint density at radius 3 is 2.18 bits per heavy atom. The largest absolute Gasteiger partial charge is 0.496 e. The van der Waals surface area contributed by atoms with Crippen molar-refractivity contribution in [3.8, 4) is 17.2 Å². The van der Waals surface area contributed by atoms with Gasteiger partial charge in [-0.15, -0.1) is 0 Å². The number of anilines is 2. The smallest absolute Gasteiger partial charge is 0.278 e. The van der Waals surface area contributed by atoms with E-state index in [2.05, 4.69) is 21.1 Å². The first-order valence-corrected chi connectivity index (χ1v) is 13.6. The number of hydrogen-bond acceptors (Lipinski definition) is 9. The predicted molar refractivity (Wildman–Crippen MR) is 157 cm³/mol. The molecule has 12 nitrogen and oxygen atoms in total. The van der Waals surface area contributed by atoms with Crippen LogP contribution in [0.25, 0.3) is 10.9 Å². The monoisotopic (exact) mass is 604 g/mol. The van der Waals surface area contributed by atoms with Gasteiger partial charge in [0.25, 0.3) is 5.91 Å². The molecule has 1 atom stereocenters. The van der Waals surface area contributed by atoms with Crippen LogP contribution in [0.4, 0.5) is 15.8 Å². The van der Waals surface area contributed by atoms with Gasteiger partial charge in [-0.05, 0) is 73.5 Å². The van der Waals surface area contributed by atoms with Crippen LogP contribution in [0.3, 0.4) is 0 Å². The number of amides is 3. The van der Waals surface area contributed by atoms with E-state index in [1.165, 1.54) is 43.6 Å². The fourth-order valence-electron chi connectivity index (χ4n) is 4.34. The van der Waals surface area contributed by atoms with Gasteiger partial charge in [0.2, 0.25) is 11.8 Å². The first kappa shape index (κ1) is 30.4. The Kier molecular flexibility index (Phi) is 8.99. The number of nitrogens with one attached hydrogen (secondary N) is 3. The molecule has 0 bridgehead atoms. The van der Waals surface area contributed by atoms with Crippen LogP contribution in [0.15, 0.2) is 72.9 Å². The summed E-state index contributed by atoms with van der Waals surface area (Å²) in [6.07, 6.45) is 1.17. The number of fused-ring (bicyclic) bond motifs is 1. The number of hydroxylamine groups is 1. The highest BCUT2D eigenvalue weighted by molar-refractivity contribution is 6.17. The molecule has 0 spiro atoms. The van der Waals surface area contributed by atoms with Gasteiger partial charge in [-0.1, -0.05) is 0 Å². The summed E-state index contributed by atoms with van der Waals surface area (Å²) in [5, 5.41) is 24.3. The van der Waals surface area contributed by atoms with Crippen LogP contribution in [0.1, 0.15) is 23.2 Å². The van der Waals surface area contributed by atoms with Crippen LogP contribution < -0.4 is 25.6 Å². The van der Waals surface area contributed by atoms with E-state index in [0.29, 0.717) is 46.6 Å². The molecule has 0 radical (unpaired) electrons. The van der Waals surface area contributed by atoms with E-state index in [1.54, 1.807) is 36.4 Å². The molecule has 1 heterocycles. The molecule has 3 amide bonds. The number of aliphatic hydroxyl groups is 2. The molecule has 0 saturated heterocycles. The van der Waals surface area contributed by atoms with Crippen molar-refractivity contribution in [3.63, 3.8) is 0 Å². The van der Waals surface area contributed by atoms with Gasteiger partial charge in [-0.2, -0.15) is 0 Å². The maximum Gasteiger partial charge on any atom is 0.278 e. The van der Waals surface area contributed by atoms with E-state index in [-0.39, 0.29) is 17.9 Å². The lowest BCUT2D eigenvalue weighted by Crippen LogP contribution is -2.35. The fraction of sp³-hybridized carbons (Fsp3) is 0.226. The number of carbonyl (C=O) groups is 3. The highest BCUT2D eigenvalue weighted by atomic mass is 19.1. The third-order valence-electron chi connectivity index (χ3n) is 6.98. The normalized spacial score (nSPS) is 13.9. The number of aromatic nitrogens is 1. The summed E-state index contributed by atoms with van der Waals surface area (Å²) in [6.45, 7) is -0.833. The average Bonchev–Trinajstić information content (AvgIpc) is 3.85. The Hall–Kier alpha value is -5.11. The van der Waals surface area contributed by atoms with Crippen LogP contribution in [0.2, 0.25) is 0 Å². The Balaban J connectivity index is 1.27. The quantitative estimate of drug-likeness (QED) is 0.120. The lowest BCUT2D eigenvalue weighted by molar-refractivity contribution is -0.131. The number of hydrogen-bond donors (Lipinski definition) is 5. The molecule has 5 N–H and O–H groups in total. The molecule has 228 valence electrons. The summed E-state index contributed by atoms with van der Waals surface area (Å²) in [4.78, 5) is 47.9. The summed E-state index contributed by atoms with van der Waals surface area (Å²) >= 11 is 0. The topological polar surface area (TPSA) is 168 Å². The van der Waals surface area contributed by atoms with Crippen LogP contribution in [0.5, 0.6) is 17.2 Å². The van der Waals surface area contributed by atoms with Crippen molar-refractivity contribution in [2.75, 3.05) is 31.0 Å². The van der Waals surface area contributed by atoms with Crippen molar-refractivity contribution in [1.29, 1.82) is 0 Å². The van der Waals surface area contributed by atoms with Gasteiger partial charge >= 0.3 is 0 Å². The lowest BCUT2D eigenvalue weighted by Gasteiger charge is -2.16. The maximum absolute atomic E-state index is 13.2. The molecule has 4 aromatic rings. The number of carbonyl (C=O) groups excluding carboxylic acids is 3. The van der Waals surface area contributed by atoms with Crippen molar-refractivity contribution in [2.24, 2.45) is 5.41 Å². The summed E-state index contributed by atoms with van der Waals surface area (Å²) in [5.41, 5.74) is 2.47. The summed E-state index contributed by atoms with van der Waals surface area (Å²) < 4.78 is 24.6. The number of rotatable bonds is 12. The van der Waals surface area contributed by atoms with Gasteiger partial charge in [-0.25, -0.2) is 9.87 Å². The molecule has 44 heavy (non-hydrogen) atoms. The van der Waals surface area contributed by atoms with Gasteiger partial charge in [0, 0.05) is 29.0 Å². The zero-order chi connectivity index (χ0) is 31.3. The second-order valence-corrected chi connectivity index (χ2v) is 10.1. The third kappa shape index (κ3) is 6.75. The second-order valence-electron chi connectivity index (χ2n) is 10.1. The molecule has 1 aromatic heterocycles. The Bertz CT molecular complexity index is 1680. The van der Waals surface area contributed by atoms with Crippen LogP contribution in [0, 0.1) is 11.2 Å². The minimum Gasteiger partial charge on any atom is -0.496 e. The number of methoxy groups -OCH3 is 1. The molecule has 1 aliphatic carbocycles. The standard InChI is InChI=1S/C31H29FN4O8/c1-42-27-15-25-23(14-24(27)28(39)36-43-17-21(38)16-37)26(10-13-33-25)44-22-8-6-20(7-9-22)35-30(41)31(11-12-31)29(40)34-19-4-2-18(32)3-5-19/h2-10,13-15,21,37-38H,11-12,16-17H2,1H3,(H,34,40)(H,35,41)(H,36,39). The fourth-order valence-corrected chi connectivity index (χ4v) is 4.34. The molecular weight excluding hydrogens is 575 g/mol. The van der Waals surface area contributed by atoms with Crippen molar-refractivity contribution in [2.45, 2.75) is 18.9 Å². The zero-order valence-corrected chi connectivity index (χ0v) is 23.5. The van der Waals surface area contributed by atoms with Crippen LogP contribution in [-0.4, -0.2) is 59.3 Å². The highest BCUT2D eigenvalue weighted by Crippen LogP contribution is 2.47. The number of ether oxygens (including phenoxy) is 2. The van der Waals surface area contributed by atoms with Crippen molar-refractivity contribution < 1.29 is 43.3 Å². The number of aliphatic hydroxyl groups excluding tert-OH is 2. The number of pyridine rings is 1. The summed E-state index contributed by atoms with van der Waals surface area (Å²) in [7, 11) is 1.40. The Morgan fingerprint density at radius 2 is 1.59 bits per heavy atom.